The highest BCUT2D eigenvalue weighted by atomic mass is 16.5. The van der Waals surface area contributed by atoms with Crippen molar-refractivity contribution >= 4 is 11.6 Å². The SMILES string of the molecule is CCOC(=O)c1cc(C2CC2)cn2cc(Cn3cc(C(O)NCc4c(C)cc(C#N)cc4C)nn3)nc12. The molecule has 0 spiro atoms. The van der Waals surface area contributed by atoms with E-state index >= 15 is 0 Å². The molecule has 1 aromatic carbocycles. The summed E-state index contributed by atoms with van der Waals surface area (Å²) < 4.78 is 8.74. The molecule has 5 rings (SSSR count). The Hall–Kier alpha value is -4.07. The number of hydrogen-bond acceptors (Lipinski definition) is 8. The predicted octanol–water partition coefficient (Wildman–Crippen LogP) is 3.30. The molecule has 1 saturated carbocycles. The van der Waals surface area contributed by atoms with Crippen molar-refractivity contribution in [3.05, 3.63) is 81.6 Å². The molecule has 0 aliphatic heterocycles. The summed E-state index contributed by atoms with van der Waals surface area (Å²) >= 11 is 0. The molecule has 2 N–H and O–H groups in total. The lowest BCUT2D eigenvalue weighted by Crippen LogP contribution is -2.22. The van der Waals surface area contributed by atoms with Crippen LogP contribution in [0.1, 0.15) is 81.5 Å². The van der Waals surface area contributed by atoms with E-state index in [4.69, 9.17) is 10.00 Å². The Morgan fingerprint density at radius 3 is 2.68 bits per heavy atom. The zero-order valence-electron chi connectivity index (χ0n) is 21.1. The number of imidazole rings is 1. The number of nitrogens with one attached hydrogen (secondary N) is 1. The summed E-state index contributed by atoms with van der Waals surface area (Å²) in [4.78, 5) is 17.3. The van der Waals surface area contributed by atoms with Gasteiger partial charge in [0, 0.05) is 18.9 Å². The summed E-state index contributed by atoms with van der Waals surface area (Å²) in [5, 5.41) is 31.1. The van der Waals surface area contributed by atoms with Gasteiger partial charge in [-0.2, -0.15) is 5.26 Å². The fourth-order valence-electron chi connectivity index (χ4n) is 4.57. The molecular weight excluding hydrogens is 470 g/mol. The molecule has 0 bridgehead atoms. The minimum Gasteiger partial charge on any atom is -0.462 e. The first-order chi connectivity index (χ1) is 17.9. The highest BCUT2D eigenvalue weighted by Crippen LogP contribution is 2.40. The number of esters is 1. The van der Waals surface area contributed by atoms with Crippen LogP contribution in [-0.4, -0.2) is 42.1 Å². The summed E-state index contributed by atoms with van der Waals surface area (Å²) in [7, 11) is 0. The highest BCUT2D eigenvalue weighted by Gasteiger charge is 2.27. The van der Waals surface area contributed by atoms with Crippen LogP contribution in [0.3, 0.4) is 0 Å². The van der Waals surface area contributed by atoms with E-state index in [2.05, 4.69) is 26.7 Å². The zero-order valence-corrected chi connectivity index (χ0v) is 21.1. The average Bonchev–Trinajstić information content (AvgIpc) is 3.49. The van der Waals surface area contributed by atoms with Gasteiger partial charge in [-0.05, 0) is 80.0 Å². The lowest BCUT2D eigenvalue weighted by Gasteiger charge is -2.14. The Balaban J connectivity index is 1.30. The van der Waals surface area contributed by atoms with Crippen molar-refractivity contribution in [1.82, 2.24) is 29.7 Å². The van der Waals surface area contributed by atoms with Crippen LogP contribution in [0.4, 0.5) is 0 Å². The molecule has 1 aliphatic rings. The first-order valence-electron chi connectivity index (χ1n) is 12.4. The predicted molar refractivity (Wildman–Crippen MR) is 135 cm³/mol. The monoisotopic (exact) mass is 499 g/mol. The smallest absolute Gasteiger partial charge is 0.341 e. The van der Waals surface area contributed by atoms with Crippen molar-refractivity contribution in [3.8, 4) is 6.07 Å². The number of aliphatic hydroxyl groups excluding tert-OH is 1. The number of aryl methyl sites for hydroxylation is 2. The van der Waals surface area contributed by atoms with E-state index in [0.717, 1.165) is 35.1 Å². The van der Waals surface area contributed by atoms with Crippen LogP contribution < -0.4 is 5.32 Å². The van der Waals surface area contributed by atoms with Crippen LogP contribution in [0.25, 0.3) is 5.65 Å². The Labute approximate surface area is 214 Å². The molecule has 10 nitrogen and oxygen atoms in total. The summed E-state index contributed by atoms with van der Waals surface area (Å²) in [6.45, 7) is 6.73. The molecule has 0 amide bonds. The molecular formula is C27H29N7O3. The van der Waals surface area contributed by atoms with Crippen LogP contribution in [0.15, 0.2) is 36.8 Å². The quantitative estimate of drug-likeness (QED) is 0.265. The van der Waals surface area contributed by atoms with E-state index < -0.39 is 6.23 Å². The molecule has 3 heterocycles. The molecule has 37 heavy (non-hydrogen) atoms. The number of fused-ring (bicyclic) bond motifs is 1. The van der Waals surface area contributed by atoms with Gasteiger partial charge in [0.15, 0.2) is 11.9 Å². The number of aromatic nitrogens is 5. The number of carbonyl (C=O) groups excluding carboxylic acids is 1. The van der Waals surface area contributed by atoms with E-state index in [9.17, 15) is 9.90 Å². The third-order valence-corrected chi connectivity index (χ3v) is 6.62. The van der Waals surface area contributed by atoms with Gasteiger partial charge in [-0.25, -0.2) is 14.5 Å². The van der Waals surface area contributed by atoms with Gasteiger partial charge in [-0.15, -0.1) is 5.10 Å². The van der Waals surface area contributed by atoms with Gasteiger partial charge in [0.05, 0.1) is 36.7 Å². The molecule has 3 aromatic heterocycles. The topological polar surface area (TPSA) is 130 Å². The van der Waals surface area contributed by atoms with Crippen molar-refractivity contribution in [3.63, 3.8) is 0 Å². The van der Waals surface area contributed by atoms with Gasteiger partial charge in [0.1, 0.15) is 11.3 Å². The van der Waals surface area contributed by atoms with Crippen molar-refractivity contribution < 1.29 is 14.6 Å². The van der Waals surface area contributed by atoms with Gasteiger partial charge >= 0.3 is 5.97 Å². The van der Waals surface area contributed by atoms with Crippen molar-refractivity contribution in [2.75, 3.05) is 6.61 Å². The number of pyridine rings is 1. The second-order valence-corrected chi connectivity index (χ2v) is 9.47. The molecule has 4 aromatic rings. The second kappa shape index (κ2) is 10.1. The second-order valence-electron chi connectivity index (χ2n) is 9.47. The third kappa shape index (κ3) is 5.23. The molecule has 0 radical (unpaired) electrons. The molecule has 0 saturated heterocycles. The van der Waals surface area contributed by atoms with Crippen molar-refractivity contribution in [2.45, 2.75) is 58.8 Å². The molecule has 1 atom stereocenters. The normalized spacial score (nSPS) is 14.0. The Morgan fingerprint density at radius 1 is 1.24 bits per heavy atom. The van der Waals surface area contributed by atoms with Crippen LogP contribution in [-0.2, 0) is 17.8 Å². The maximum atomic E-state index is 12.6. The molecule has 1 unspecified atom stereocenters. The summed E-state index contributed by atoms with van der Waals surface area (Å²) in [5.41, 5.74) is 6.84. The Kier molecular flexibility index (Phi) is 6.74. The van der Waals surface area contributed by atoms with Crippen LogP contribution in [0.2, 0.25) is 0 Å². The first kappa shape index (κ1) is 24.6. The number of nitriles is 1. The number of aliphatic hydroxyl groups is 1. The standard InChI is InChI=1S/C27H29N7O3/c1-4-37-27(36)22-9-20(19-5-6-19)12-33-13-21(30-25(22)33)14-34-15-24(31-32-34)26(35)29-11-23-16(2)7-18(10-28)8-17(23)3/h7-9,12-13,15,19,26,29,35H,4-6,11,14H2,1-3H3. The van der Waals surface area contributed by atoms with E-state index in [1.54, 1.807) is 17.8 Å². The van der Waals surface area contributed by atoms with E-state index in [0.29, 0.717) is 53.8 Å². The summed E-state index contributed by atoms with van der Waals surface area (Å²) in [6.07, 6.45) is 6.81. The van der Waals surface area contributed by atoms with E-state index in [-0.39, 0.29) is 5.97 Å². The average molecular weight is 500 g/mol. The molecule has 10 heteroatoms. The third-order valence-electron chi connectivity index (χ3n) is 6.62. The number of ether oxygens (including phenoxy) is 1. The Bertz CT molecular complexity index is 1490. The molecule has 1 fully saturated rings. The van der Waals surface area contributed by atoms with Crippen molar-refractivity contribution in [1.29, 1.82) is 5.26 Å². The highest BCUT2D eigenvalue weighted by molar-refractivity contribution is 5.96. The fraction of sp³-hybridized carbons (Fsp3) is 0.370. The number of hydrogen-bond donors (Lipinski definition) is 2. The summed E-state index contributed by atoms with van der Waals surface area (Å²) in [5.74, 6) is 0.101. The van der Waals surface area contributed by atoms with Crippen molar-refractivity contribution in [2.24, 2.45) is 0 Å². The first-order valence-corrected chi connectivity index (χ1v) is 12.4. The minimum absolute atomic E-state index is 0.300. The molecule has 190 valence electrons. The lowest BCUT2D eigenvalue weighted by molar-refractivity contribution is 0.0528. The number of benzene rings is 1. The van der Waals surface area contributed by atoms with Gasteiger partial charge in [0.2, 0.25) is 0 Å². The van der Waals surface area contributed by atoms with E-state index in [1.165, 1.54) is 0 Å². The maximum Gasteiger partial charge on any atom is 0.341 e. The molecule has 1 aliphatic carbocycles. The van der Waals surface area contributed by atoms with Gasteiger partial charge in [0.25, 0.3) is 0 Å². The number of carbonyl (C=O) groups is 1. The minimum atomic E-state index is -1.01. The fourth-order valence-corrected chi connectivity index (χ4v) is 4.57. The lowest BCUT2D eigenvalue weighted by atomic mass is 9.99. The number of rotatable bonds is 9. The van der Waals surface area contributed by atoms with Crippen LogP contribution in [0.5, 0.6) is 0 Å². The summed E-state index contributed by atoms with van der Waals surface area (Å²) in [6, 6.07) is 7.73. The van der Waals surface area contributed by atoms with Gasteiger partial charge in [-0.1, -0.05) is 5.21 Å². The van der Waals surface area contributed by atoms with Gasteiger partial charge < -0.3 is 14.2 Å². The van der Waals surface area contributed by atoms with E-state index in [1.807, 2.05) is 48.8 Å². The van der Waals surface area contributed by atoms with Crippen LogP contribution >= 0.6 is 0 Å². The Morgan fingerprint density at radius 2 is 2.00 bits per heavy atom. The van der Waals surface area contributed by atoms with Crippen LogP contribution in [0, 0.1) is 25.2 Å². The van der Waals surface area contributed by atoms with Gasteiger partial charge in [-0.3, -0.25) is 5.32 Å². The number of nitrogens with zero attached hydrogens (tertiary/aromatic N) is 6. The zero-order chi connectivity index (χ0) is 26.1. The largest absolute Gasteiger partial charge is 0.462 e. The maximum absolute atomic E-state index is 12.6.